The van der Waals surface area contributed by atoms with E-state index < -0.39 is 0 Å². The van der Waals surface area contributed by atoms with Gasteiger partial charge in [0.2, 0.25) is 5.89 Å². The largest absolute Gasteiger partial charge is 0.497 e. The van der Waals surface area contributed by atoms with Crippen molar-refractivity contribution in [3.05, 3.63) is 76.8 Å². The number of anilines is 1. The maximum absolute atomic E-state index is 12.6. The predicted octanol–water partition coefficient (Wildman–Crippen LogP) is 6.53. The molecule has 4 rings (SSSR count). The molecule has 0 aliphatic heterocycles. The average molecular weight is 421 g/mol. The average Bonchev–Trinajstić information content (AvgIpc) is 3.18. The van der Waals surface area contributed by atoms with E-state index in [1.165, 1.54) is 5.56 Å². The van der Waals surface area contributed by atoms with Crippen molar-refractivity contribution in [2.75, 3.05) is 12.4 Å². The molecule has 4 aromatic rings. The normalized spacial score (nSPS) is 11.1. The zero-order valence-electron chi connectivity index (χ0n) is 16.9. The van der Waals surface area contributed by atoms with Gasteiger partial charge in [-0.25, -0.2) is 4.98 Å². The lowest BCUT2D eigenvalue weighted by molar-refractivity contribution is 0.102. The van der Waals surface area contributed by atoms with Gasteiger partial charge in [0, 0.05) is 11.1 Å². The first-order valence-electron chi connectivity index (χ1n) is 9.60. The molecule has 0 aliphatic carbocycles. The second-order valence-corrected chi connectivity index (χ2v) is 7.69. The maximum Gasteiger partial charge on any atom is 0.255 e. The summed E-state index contributed by atoms with van der Waals surface area (Å²) in [6, 6.07) is 18.2. The fourth-order valence-electron chi connectivity index (χ4n) is 3.12. The molecule has 3 aromatic carbocycles. The number of carbonyl (C=O) groups excluding carboxylic acids is 1. The molecule has 0 saturated carbocycles. The van der Waals surface area contributed by atoms with Crippen molar-refractivity contribution in [1.29, 1.82) is 0 Å². The zero-order chi connectivity index (χ0) is 21.3. The molecule has 0 spiro atoms. The van der Waals surface area contributed by atoms with E-state index in [2.05, 4.69) is 24.1 Å². The SMILES string of the molecule is COc1ccc(C(=O)Nc2cc(-c3nc4cc(C(C)C)ccc4o3)ccc2Cl)cc1. The first kappa shape index (κ1) is 20.0. The van der Waals surface area contributed by atoms with Crippen molar-refractivity contribution in [3.8, 4) is 17.2 Å². The Morgan fingerprint density at radius 2 is 1.83 bits per heavy atom. The minimum atomic E-state index is -0.268. The molecule has 6 heteroatoms. The molecule has 5 nitrogen and oxygen atoms in total. The van der Waals surface area contributed by atoms with Crippen molar-refractivity contribution >= 4 is 34.3 Å². The van der Waals surface area contributed by atoms with Crippen LogP contribution in [0.25, 0.3) is 22.6 Å². The third-order valence-corrected chi connectivity index (χ3v) is 5.22. The number of methoxy groups -OCH3 is 1. The van der Waals surface area contributed by atoms with Gasteiger partial charge in [-0.15, -0.1) is 0 Å². The second kappa shape index (κ2) is 8.20. The van der Waals surface area contributed by atoms with E-state index in [1.54, 1.807) is 43.5 Å². The number of carbonyl (C=O) groups is 1. The summed E-state index contributed by atoms with van der Waals surface area (Å²) in [5, 5.41) is 3.28. The molecule has 0 saturated heterocycles. The van der Waals surface area contributed by atoms with Crippen molar-refractivity contribution in [1.82, 2.24) is 4.98 Å². The lowest BCUT2D eigenvalue weighted by atomic mass is 10.0. The van der Waals surface area contributed by atoms with E-state index in [0.29, 0.717) is 39.4 Å². The van der Waals surface area contributed by atoms with Crippen LogP contribution in [0.1, 0.15) is 35.7 Å². The lowest BCUT2D eigenvalue weighted by Crippen LogP contribution is -2.12. The van der Waals surface area contributed by atoms with Crippen LogP contribution < -0.4 is 10.1 Å². The van der Waals surface area contributed by atoms with E-state index in [-0.39, 0.29) is 5.91 Å². The minimum absolute atomic E-state index is 0.268. The number of nitrogens with one attached hydrogen (secondary N) is 1. The van der Waals surface area contributed by atoms with E-state index in [9.17, 15) is 4.79 Å². The molecule has 152 valence electrons. The molecular formula is C24H21ClN2O3. The summed E-state index contributed by atoms with van der Waals surface area (Å²) in [5.41, 5.74) is 4.43. The number of hydrogen-bond acceptors (Lipinski definition) is 4. The highest BCUT2D eigenvalue weighted by Crippen LogP contribution is 2.31. The number of nitrogens with zero attached hydrogens (tertiary/aromatic N) is 1. The van der Waals surface area contributed by atoms with Gasteiger partial charge < -0.3 is 14.5 Å². The smallest absolute Gasteiger partial charge is 0.255 e. The van der Waals surface area contributed by atoms with Crippen LogP contribution in [0.5, 0.6) is 5.75 Å². The number of ether oxygens (including phenoxy) is 1. The van der Waals surface area contributed by atoms with Crippen molar-refractivity contribution in [3.63, 3.8) is 0 Å². The number of rotatable bonds is 5. The summed E-state index contributed by atoms with van der Waals surface area (Å²) in [6.45, 7) is 4.28. The number of amides is 1. The molecule has 0 aliphatic rings. The molecule has 0 unspecified atom stereocenters. The quantitative estimate of drug-likeness (QED) is 0.398. The predicted molar refractivity (Wildman–Crippen MR) is 119 cm³/mol. The summed E-state index contributed by atoms with van der Waals surface area (Å²) in [7, 11) is 1.58. The number of oxazole rings is 1. The van der Waals surface area contributed by atoms with Gasteiger partial charge in [0.25, 0.3) is 5.91 Å². The molecule has 0 atom stereocenters. The maximum atomic E-state index is 12.6. The Hall–Kier alpha value is -3.31. The molecule has 1 heterocycles. The van der Waals surface area contributed by atoms with Gasteiger partial charge >= 0.3 is 0 Å². The highest BCUT2D eigenvalue weighted by Gasteiger charge is 2.14. The summed E-state index contributed by atoms with van der Waals surface area (Å²) < 4.78 is 11.0. The summed E-state index contributed by atoms with van der Waals surface area (Å²) in [4.78, 5) is 17.2. The third-order valence-electron chi connectivity index (χ3n) is 4.89. The second-order valence-electron chi connectivity index (χ2n) is 7.28. The summed E-state index contributed by atoms with van der Waals surface area (Å²) >= 11 is 6.31. The Morgan fingerprint density at radius 3 is 2.53 bits per heavy atom. The van der Waals surface area contributed by atoms with E-state index >= 15 is 0 Å². The number of aromatic nitrogens is 1. The third kappa shape index (κ3) is 4.02. The molecule has 0 fully saturated rings. The number of benzene rings is 3. The molecule has 30 heavy (non-hydrogen) atoms. The molecule has 1 amide bonds. The molecule has 1 N–H and O–H groups in total. The topological polar surface area (TPSA) is 64.4 Å². The zero-order valence-corrected chi connectivity index (χ0v) is 17.7. The standard InChI is InChI=1S/C24H21ClN2O3/c1-14(2)16-7-11-22-21(12-16)27-24(30-22)17-6-10-19(25)20(13-17)26-23(28)15-4-8-18(29-3)9-5-15/h4-14H,1-3H3,(H,26,28). The number of halogens is 1. The number of hydrogen-bond donors (Lipinski definition) is 1. The Morgan fingerprint density at radius 1 is 1.07 bits per heavy atom. The van der Waals surface area contributed by atoms with Crippen molar-refractivity contribution < 1.29 is 13.9 Å². The van der Waals surface area contributed by atoms with Crippen LogP contribution in [-0.4, -0.2) is 18.0 Å². The van der Waals surface area contributed by atoms with Crippen LogP contribution in [0.4, 0.5) is 5.69 Å². The van der Waals surface area contributed by atoms with Gasteiger partial charge in [0.15, 0.2) is 5.58 Å². The van der Waals surface area contributed by atoms with E-state index in [0.717, 1.165) is 11.1 Å². The number of fused-ring (bicyclic) bond motifs is 1. The van der Waals surface area contributed by atoms with Crippen LogP contribution in [-0.2, 0) is 0 Å². The Balaban J connectivity index is 1.62. The van der Waals surface area contributed by atoms with Gasteiger partial charge in [-0.3, -0.25) is 4.79 Å². The van der Waals surface area contributed by atoms with Gasteiger partial charge in [-0.1, -0.05) is 31.5 Å². The van der Waals surface area contributed by atoms with Crippen LogP contribution in [0.3, 0.4) is 0 Å². The summed E-state index contributed by atoms with van der Waals surface area (Å²) in [5.74, 6) is 1.30. The highest BCUT2D eigenvalue weighted by molar-refractivity contribution is 6.34. The van der Waals surface area contributed by atoms with E-state index in [1.807, 2.05) is 24.3 Å². The van der Waals surface area contributed by atoms with Gasteiger partial charge in [0.05, 0.1) is 17.8 Å². The monoisotopic (exact) mass is 420 g/mol. The van der Waals surface area contributed by atoms with Crippen molar-refractivity contribution in [2.24, 2.45) is 0 Å². The molecule has 0 radical (unpaired) electrons. The molecule has 0 bridgehead atoms. The Kier molecular flexibility index (Phi) is 5.46. The van der Waals surface area contributed by atoms with Gasteiger partial charge in [0.1, 0.15) is 11.3 Å². The van der Waals surface area contributed by atoms with Gasteiger partial charge in [-0.05, 0) is 66.1 Å². The fraction of sp³-hybridized carbons (Fsp3) is 0.167. The lowest BCUT2D eigenvalue weighted by Gasteiger charge is -2.09. The van der Waals surface area contributed by atoms with Crippen LogP contribution in [0.2, 0.25) is 5.02 Å². The highest BCUT2D eigenvalue weighted by atomic mass is 35.5. The molecular weight excluding hydrogens is 400 g/mol. The first-order valence-corrected chi connectivity index (χ1v) is 9.98. The van der Waals surface area contributed by atoms with E-state index in [4.69, 9.17) is 20.8 Å². The Labute approximate surface area is 179 Å². The Bertz CT molecular complexity index is 1210. The van der Waals surface area contributed by atoms with Crippen LogP contribution >= 0.6 is 11.6 Å². The van der Waals surface area contributed by atoms with Crippen LogP contribution in [0, 0.1) is 0 Å². The van der Waals surface area contributed by atoms with Gasteiger partial charge in [-0.2, -0.15) is 0 Å². The summed E-state index contributed by atoms with van der Waals surface area (Å²) in [6.07, 6.45) is 0. The minimum Gasteiger partial charge on any atom is -0.497 e. The molecule has 1 aromatic heterocycles. The van der Waals surface area contributed by atoms with Crippen LogP contribution in [0.15, 0.2) is 65.1 Å². The first-order chi connectivity index (χ1) is 14.4. The fourth-order valence-corrected chi connectivity index (χ4v) is 3.28. The van der Waals surface area contributed by atoms with Crippen molar-refractivity contribution in [2.45, 2.75) is 19.8 Å².